The standard InChI is InChI=1S/C21H21N3O2.C2H6/c1-14-7-6-12-24(14)20-19(15-8-4-3-5-9-15)22-17-11-10-16(21(25)26-2)13-18(17)23-20;1-2/h3-5,8-11,13-14H,6-7,12H2,1-2H3;1-2H3. The van der Waals surface area contributed by atoms with Gasteiger partial charge in [-0.1, -0.05) is 44.2 Å². The Hall–Kier alpha value is -2.95. The van der Waals surface area contributed by atoms with Crippen LogP contribution in [0, 0.1) is 0 Å². The highest BCUT2D eigenvalue weighted by atomic mass is 16.5. The largest absolute Gasteiger partial charge is 0.465 e. The minimum Gasteiger partial charge on any atom is -0.465 e. The highest BCUT2D eigenvalue weighted by Crippen LogP contribution is 2.33. The van der Waals surface area contributed by atoms with Crippen molar-refractivity contribution >= 4 is 22.8 Å². The Bertz CT molecular complexity index is 957. The Morgan fingerprint density at radius 1 is 1.07 bits per heavy atom. The number of methoxy groups -OCH3 is 1. The number of rotatable bonds is 3. The van der Waals surface area contributed by atoms with Crippen LogP contribution in [0.15, 0.2) is 48.5 Å². The number of carbonyl (C=O) groups is 1. The molecule has 1 fully saturated rings. The van der Waals surface area contributed by atoms with Gasteiger partial charge in [-0.3, -0.25) is 0 Å². The van der Waals surface area contributed by atoms with Crippen LogP contribution in [0.5, 0.6) is 0 Å². The zero-order chi connectivity index (χ0) is 20.1. The normalized spacial score (nSPS) is 15.9. The third kappa shape index (κ3) is 3.84. The molecule has 0 N–H and O–H groups in total. The first-order chi connectivity index (χ1) is 13.7. The van der Waals surface area contributed by atoms with E-state index < -0.39 is 0 Å². The maximum absolute atomic E-state index is 11.9. The van der Waals surface area contributed by atoms with E-state index >= 15 is 0 Å². The molecule has 1 saturated heterocycles. The van der Waals surface area contributed by atoms with Crippen LogP contribution in [0.4, 0.5) is 5.82 Å². The van der Waals surface area contributed by atoms with E-state index in [1.807, 2.05) is 38.1 Å². The molecule has 0 aliphatic carbocycles. The van der Waals surface area contributed by atoms with Crippen molar-refractivity contribution in [1.29, 1.82) is 0 Å². The van der Waals surface area contributed by atoms with E-state index in [4.69, 9.17) is 14.7 Å². The Balaban J connectivity index is 0.00000109. The fraction of sp³-hybridized carbons (Fsp3) is 0.348. The molecule has 0 spiro atoms. The van der Waals surface area contributed by atoms with E-state index in [-0.39, 0.29) is 5.97 Å². The Labute approximate surface area is 166 Å². The number of carbonyl (C=O) groups excluding carboxylic acids is 1. The van der Waals surface area contributed by atoms with Crippen LogP contribution in [0.25, 0.3) is 22.3 Å². The van der Waals surface area contributed by atoms with Crippen molar-refractivity contribution in [3.63, 3.8) is 0 Å². The lowest BCUT2D eigenvalue weighted by molar-refractivity contribution is 0.0601. The first kappa shape index (κ1) is 19.8. The van der Waals surface area contributed by atoms with Crippen LogP contribution in [0.3, 0.4) is 0 Å². The molecule has 0 amide bonds. The molecule has 5 heteroatoms. The van der Waals surface area contributed by atoms with Crippen LogP contribution in [-0.4, -0.2) is 35.6 Å². The van der Waals surface area contributed by atoms with Crippen LogP contribution in [0.1, 0.15) is 44.0 Å². The highest BCUT2D eigenvalue weighted by molar-refractivity contribution is 5.94. The van der Waals surface area contributed by atoms with Gasteiger partial charge in [0.05, 0.1) is 23.7 Å². The van der Waals surface area contributed by atoms with Gasteiger partial charge in [0.15, 0.2) is 5.82 Å². The summed E-state index contributed by atoms with van der Waals surface area (Å²) in [6, 6.07) is 15.9. The number of hydrogen-bond acceptors (Lipinski definition) is 5. The van der Waals surface area contributed by atoms with E-state index in [9.17, 15) is 4.79 Å². The summed E-state index contributed by atoms with van der Waals surface area (Å²) in [5, 5.41) is 0. The van der Waals surface area contributed by atoms with Crippen LogP contribution in [-0.2, 0) is 4.74 Å². The summed E-state index contributed by atoms with van der Waals surface area (Å²) in [6.07, 6.45) is 2.30. The minimum absolute atomic E-state index is 0.364. The second kappa shape index (κ2) is 8.83. The zero-order valence-corrected chi connectivity index (χ0v) is 17.0. The van der Waals surface area contributed by atoms with E-state index in [1.165, 1.54) is 7.11 Å². The molecule has 146 valence electrons. The van der Waals surface area contributed by atoms with E-state index in [0.29, 0.717) is 17.1 Å². The van der Waals surface area contributed by atoms with Crippen molar-refractivity contribution < 1.29 is 9.53 Å². The van der Waals surface area contributed by atoms with Gasteiger partial charge in [0.25, 0.3) is 0 Å². The lowest BCUT2D eigenvalue weighted by Crippen LogP contribution is -2.28. The molecule has 2 heterocycles. The molecule has 1 atom stereocenters. The molecule has 1 aliphatic heterocycles. The van der Waals surface area contributed by atoms with E-state index in [1.54, 1.807) is 12.1 Å². The number of fused-ring (bicyclic) bond motifs is 1. The molecule has 1 unspecified atom stereocenters. The fourth-order valence-electron chi connectivity index (χ4n) is 3.53. The van der Waals surface area contributed by atoms with E-state index in [0.717, 1.165) is 42.0 Å². The van der Waals surface area contributed by atoms with Crippen molar-refractivity contribution in [3.8, 4) is 11.3 Å². The predicted molar refractivity (Wildman–Crippen MR) is 114 cm³/mol. The van der Waals surface area contributed by atoms with Gasteiger partial charge >= 0.3 is 5.97 Å². The first-order valence-electron chi connectivity index (χ1n) is 9.89. The summed E-state index contributed by atoms with van der Waals surface area (Å²) >= 11 is 0. The topological polar surface area (TPSA) is 55.3 Å². The number of benzene rings is 2. The lowest BCUT2D eigenvalue weighted by atomic mass is 10.1. The Morgan fingerprint density at radius 3 is 2.46 bits per heavy atom. The molecule has 3 aromatic rings. The van der Waals surface area contributed by atoms with Gasteiger partial charge in [-0.15, -0.1) is 0 Å². The minimum atomic E-state index is -0.364. The molecule has 4 rings (SSSR count). The fourth-order valence-corrected chi connectivity index (χ4v) is 3.53. The Morgan fingerprint density at radius 2 is 1.82 bits per heavy atom. The van der Waals surface area contributed by atoms with Gasteiger partial charge in [0.2, 0.25) is 0 Å². The van der Waals surface area contributed by atoms with Gasteiger partial charge < -0.3 is 9.64 Å². The van der Waals surface area contributed by atoms with Crippen LogP contribution in [0.2, 0.25) is 0 Å². The molecule has 1 aromatic heterocycles. The van der Waals surface area contributed by atoms with Gasteiger partial charge in [-0.05, 0) is 38.0 Å². The van der Waals surface area contributed by atoms with Crippen molar-refractivity contribution in [2.75, 3.05) is 18.6 Å². The predicted octanol–water partition coefficient (Wildman–Crippen LogP) is 5.10. The molecule has 28 heavy (non-hydrogen) atoms. The Kier molecular flexibility index (Phi) is 6.24. The van der Waals surface area contributed by atoms with Crippen molar-refractivity contribution in [3.05, 3.63) is 54.1 Å². The number of ether oxygens (including phenoxy) is 1. The molecule has 5 nitrogen and oxygen atoms in total. The smallest absolute Gasteiger partial charge is 0.337 e. The quantitative estimate of drug-likeness (QED) is 0.595. The third-order valence-corrected chi connectivity index (χ3v) is 4.94. The summed E-state index contributed by atoms with van der Waals surface area (Å²) < 4.78 is 4.83. The summed E-state index contributed by atoms with van der Waals surface area (Å²) in [6.45, 7) is 7.19. The molecule has 1 aliphatic rings. The molecular weight excluding hydrogens is 350 g/mol. The zero-order valence-electron chi connectivity index (χ0n) is 17.0. The summed E-state index contributed by atoms with van der Waals surface area (Å²) in [5.74, 6) is 0.521. The number of hydrogen-bond donors (Lipinski definition) is 0. The summed E-state index contributed by atoms with van der Waals surface area (Å²) in [5.41, 5.74) is 3.90. The summed E-state index contributed by atoms with van der Waals surface area (Å²) in [7, 11) is 1.38. The molecule has 0 saturated carbocycles. The maximum Gasteiger partial charge on any atom is 0.337 e. The van der Waals surface area contributed by atoms with E-state index in [2.05, 4.69) is 24.0 Å². The lowest BCUT2D eigenvalue weighted by Gasteiger charge is -2.25. The first-order valence-corrected chi connectivity index (χ1v) is 9.89. The average molecular weight is 377 g/mol. The third-order valence-electron chi connectivity index (χ3n) is 4.94. The number of aromatic nitrogens is 2. The molecule has 0 radical (unpaired) electrons. The number of esters is 1. The summed E-state index contributed by atoms with van der Waals surface area (Å²) in [4.78, 5) is 24.0. The van der Waals surface area contributed by atoms with Crippen molar-refractivity contribution in [1.82, 2.24) is 9.97 Å². The van der Waals surface area contributed by atoms with Crippen molar-refractivity contribution in [2.45, 2.75) is 39.7 Å². The highest BCUT2D eigenvalue weighted by Gasteiger charge is 2.26. The molecule has 2 aromatic carbocycles. The monoisotopic (exact) mass is 377 g/mol. The van der Waals surface area contributed by atoms with Gasteiger partial charge in [0, 0.05) is 18.2 Å². The van der Waals surface area contributed by atoms with Crippen LogP contribution >= 0.6 is 0 Å². The molecule has 0 bridgehead atoms. The van der Waals surface area contributed by atoms with Gasteiger partial charge in [-0.2, -0.15) is 0 Å². The van der Waals surface area contributed by atoms with Crippen LogP contribution < -0.4 is 4.90 Å². The number of anilines is 1. The second-order valence-corrected chi connectivity index (χ2v) is 6.64. The SMILES string of the molecule is CC.COC(=O)c1ccc2nc(-c3ccccc3)c(N3CCCC3C)nc2c1. The van der Waals surface area contributed by atoms with Gasteiger partial charge in [-0.25, -0.2) is 14.8 Å². The number of nitrogens with zero attached hydrogens (tertiary/aromatic N) is 3. The molecular formula is C23H27N3O2. The maximum atomic E-state index is 11.9. The van der Waals surface area contributed by atoms with Gasteiger partial charge in [0.1, 0.15) is 5.69 Å². The van der Waals surface area contributed by atoms with Crippen molar-refractivity contribution in [2.24, 2.45) is 0 Å². The second-order valence-electron chi connectivity index (χ2n) is 6.64. The average Bonchev–Trinajstić information content (AvgIpc) is 3.19.